The van der Waals surface area contributed by atoms with Crippen LogP contribution in [-0.4, -0.2) is 19.2 Å². The predicted octanol–water partition coefficient (Wildman–Crippen LogP) is 2.12. The molecule has 2 aromatic carbocycles. The number of aromatic hydroxyl groups is 1. The monoisotopic (exact) mass is 310 g/mol. The summed E-state index contributed by atoms with van der Waals surface area (Å²) in [5.74, 6) is 0.201. The molecular weight excluding hydrogens is 290 g/mol. The van der Waals surface area contributed by atoms with Crippen molar-refractivity contribution in [3.8, 4) is 16.9 Å². The van der Waals surface area contributed by atoms with Crippen molar-refractivity contribution in [3.63, 3.8) is 0 Å². The summed E-state index contributed by atoms with van der Waals surface area (Å²) in [5.41, 5.74) is 3.28. The summed E-state index contributed by atoms with van der Waals surface area (Å²) < 4.78 is 5.37. The van der Waals surface area contributed by atoms with Gasteiger partial charge >= 0.3 is 5.63 Å². The first kappa shape index (κ1) is 15.3. The van der Waals surface area contributed by atoms with E-state index in [2.05, 4.69) is 0 Å². The minimum absolute atomic E-state index is 0.201. The molecule has 0 saturated carbocycles. The zero-order chi connectivity index (χ0) is 16.6. The Kier molecular flexibility index (Phi) is 3.92. The Morgan fingerprint density at radius 3 is 2.48 bits per heavy atom. The average Bonchev–Trinajstić information content (AvgIpc) is 2.53. The smallest absolute Gasteiger partial charge is 0.336 e. The summed E-state index contributed by atoms with van der Waals surface area (Å²) in [7, 11) is 4.06. The van der Waals surface area contributed by atoms with Gasteiger partial charge in [-0.05, 0) is 24.1 Å². The van der Waals surface area contributed by atoms with E-state index in [1.54, 1.807) is 6.92 Å². The normalized spacial score (nSPS) is 11.3. The van der Waals surface area contributed by atoms with E-state index in [0.717, 1.165) is 22.1 Å². The van der Waals surface area contributed by atoms with Gasteiger partial charge in [-0.15, -0.1) is 0 Å². The van der Waals surface area contributed by atoms with E-state index < -0.39 is 5.63 Å². The molecule has 3 rings (SSSR count). The molecule has 23 heavy (non-hydrogen) atoms. The summed E-state index contributed by atoms with van der Waals surface area (Å²) in [6.07, 6.45) is 0. The molecule has 0 atom stereocenters. The number of quaternary nitrogens is 1. The number of phenolic OH excluding ortho intramolecular Hbond substituents is 1. The number of aryl methyl sites for hydroxylation is 1. The topological polar surface area (TPSA) is 54.9 Å². The number of hydrogen-bond donors (Lipinski definition) is 2. The van der Waals surface area contributed by atoms with E-state index in [4.69, 9.17) is 4.42 Å². The van der Waals surface area contributed by atoms with Crippen molar-refractivity contribution >= 4 is 11.0 Å². The van der Waals surface area contributed by atoms with Gasteiger partial charge in [-0.3, -0.25) is 0 Å². The Hall–Kier alpha value is -2.59. The molecule has 0 amide bonds. The van der Waals surface area contributed by atoms with Crippen LogP contribution < -0.4 is 10.5 Å². The Labute approximate surface area is 134 Å². The molecule has 0 fully saturated rings. The molecule has 0 aliphatic carbocycles. The number of rotatable bonds is 3. The lowest BCUT2D eigenvalue weighted by Gasteiger charge is -2.14. The molecule has 0 unspecified atom stereocenters. The summed E-state index contributed by atoms with van der Waals surface area (Å²) in [6, 6.07) is 13.2. The molecule has 118 valence electrons. The zero-order valence-electron chi connectivity index (χ0n) is 13.5. The maximum atomic E-state index is 12.0. The summed E-state index contributed by atoms with van der Waals surface area (Å²) in [4.78, 5) is 13.2. The Morgan fingerprint density at radius 1 is 1.13 bits per heavy atom. The zero-order valence-corrected chi connectivity index (χ0v) is 13.5. The largest absolute Gasteiger partial charge is 0.507 e. The second-order valence-corrected chi connectivity index (χ2v) is 6.12. The van der Waals surface area contributed by atoms with Crippen LogP contribution in [0.2, 0.25) is 0 Å². The number of benzene rings is 2. The Balaban J connectivity index is 2.37. The molecule has 4 heteroatoms. The molecule has 3 aromatic rings. The van der Waals surface area contributed by atoms with Crippen LogP contribution in [0.5, 0.6) is 5.75 Å². The molecule has 1 heterocycles. The molecule has 1 aromatic heterocycles. The van der Waals surface area contributed by atoms with Crippen molar-refractivity contribution in [1.29, 1.82) is 0 Å². The first-order chi connectivity index (χ1) is 11.0. The first-order valence-electron chi connectivity index (χ1n) is 7.61. The molecule has 4 nitrogen and oxygen atoms in total. The van der Waals surface area contributed by atoms with Crippen LogP contribution in [0.1, 0.15) is 11.1 Å². The molecular formula is C19H20NO3+. The molecule has 0 aliphatic rings. The minimum Gasteiger partial charge on any atom is -0.507 e. The second kappa shape index (κ2) is 5.89. The Bertz CT molecular complexity index is 911. The maximum absolute atomic E-state index is 12.0. The van der Waals surface area contributed by atoms with Crippen LogP contribution in [0.3, 0.4) is 0 Å². The van der Waals surface area contributed by atoms with Gasteiger partial charge in [0.1, 0.15) is 17.9 Å². The van der Waals surface area contributed by atoms with Gasteiger partial charge in [-0.1, -0.05) is 30.3 Å². The van der Waals surface area contributed by atoms with Crippen LogP contribution in [0.15, 0.2) is 51.7 Å². The fourth-order valence-corrected chi connectivity index (χ4v) is 2.89. The van der Waals surface area contributed by atoms with Crippen molar-refractivity contribution in [2.24, 2.45) is 0 Å². The van der Waals surface area contributed by atoms with Crippen LogP contribution in [0.4, 0.5) is 0 Å². The van der Waals surface area contributed by atoms with E-state index >= 15 is 0 Å². The average molecular weight is 310 g/mol. The maximum Gasteiger partial charge on any atom is 0.336 e. The SMILES string of the molecule is Cc1c(O)c(C[NH+](C)C)cc2c(-c3ccccc3)cc(=O)oc12. The van der Waals surface area contributed by atoms with Gasteiger partial charge in [0.2, 0.25) is 0 Å². The van der Waals surface area contributed by atoms with E-state index in [1.165, 1.54) is 11.0 Å². The van der Waals surface area contributed by atoms with E-state index in [-0.39, 0.29) is 5.75 Å². The van der Waals surface area contributed by atoms with Gasteiger partial charge < -0.3 is 14.4 Å². The lowest BCUT2D eigenvalue weighted by Crippen LogP contribution is -3.04. The molecule has 0 aliphatic heterocycles. The van der Waals surface area contributed by atoms with Crippen molar-refractivity contribution in [2.75, 3.05) is 14.1 Å². The highest BCUT2D eigenvalue weighted by Crippen LogP contribution is 2.35. The minimum atomic E-state index is -0.412. The van der Waals surface area contributed by atoms with Gasteiger partial charge in [0.05, 0.1) is 14.1 Å². The number of fused-ring (bicyclic) bond motifs is 1. The van der Waals surface area contributed by atoms with Crippen molar-refractivity contribution in [2.45, 2.75) is 13.5 Å². The molecule has 0 radical (unpaired) electrons. The highest BCUT2D eigenvalue weighted by atomic mass is 16.4. The van der Waals surface area contributed by atoms with Crippen molar-refractivity contribution in [3.05, 3.63) is 64.0 Å². The van der Waals surface area contributed by atoms with Gasteiger partial charge in [0.25, 0.3) is 0 Å². The fraction of sp³-hybridized carbons (Fsp3) is 0.211. The summed E-state index contributed by atoms with van der Waals surface area (Å²) in [5, 5.41) is 11.3. The number of nitrogens with one attached hydrogen (secondary N) is 1. The van der Waals surface area contributed by atoms with Crippen LogP contribution in [-0.2, 0) is 6.54 Å². The van der Waals surface area contributed by atoms with E-state index in [0.29, 0.717) is 17.7 Å². The third-order valence-corrected chi connectivity index (χ3v) is 3.95. The number of phenols is 1. The van der Waals surface area contributed by atoms with Crippen LogP contribution in [0, 0.1) is 6.92 Å². The first-order valence-corrected chi connectivity index (χ1v) is 7.61. The quantitative estimate of drug-likeness (QED) is 0.729. The van der Waals surface area contributed by atoms with E-state index in [9.17, 15) is 9.90 Å². The van der Waals surface area contributed by atoms with Crippen LogP contribution in [0.25, 0.3) is 22.1 Å². The van der Waals surface area contributed by atoms with Gasteiger partial charge in [0.15, 0.2) is 0 Å². The third-order valence-electron chi connectivity index (χ3n) is 3.95. The summed E-state index contributed by atoms with van der Waals surface area (Å²) in [6.45, 7) is 2.47. The second-order valence-electron chi connectivity index (χ2n) is 6.12. The standard InChI is InChI=1S/C19H19NO3/c1-12-18(22)14(11-20(2)3)9-16-15(10-17(21)23-19(12)16)13-7-5-4-6-8-13/h4-10,22H,11H2,1-3H3/p+1. The van der Waals surface area contributed by atoms with Crippen molar-refractivity contribution in [1.82, 2.24) is 0 Å². The van der Waals surface area contributed by atoms with E-state index in [1.807, 2.05) is 50.5 Å². The van der Waals surface area contributed by atoms with Crippen LogP contribution >= 0.6 is 0 Å². The Morgan fingerprint density at radius 2 is 1.83 bits per heavy atom. The highest BCUT2D eigenvalue weighted by Gasteiger charge is 2.17. The molecule has 0 saturated heterocycles. The molecule has 0 spiro atoms. The lowest BCUT2D eigenvalue weighted by molar-refractivity contribution is -0.872. The summed E-state index contributed by atoms with van der Waals surface area (Å²) >= 11 is 0. The third kappa shape index (κ3) is 2.85. The molecule has 0 bridgehead atoms. The predicted molar refractivity (Wildman–Crippen MR) is 90.8 cm³/mol. The van der Waals surface area contributed by atoms with Gasteiger partial charge in [-0.25, -0.2) is 4.79 Å². The molecule has 2 N–H and O–H groups in total. The van der Waals surface area contributed by atoms with Crippen molar-refractivity contribution < 1.29 is 14.4 Å². The lowest BCUT2D eigenvalue weighted by atomic mass is 9.97. The van der Waals surface area contributed by atoms with Gasteiger partial charge in [-0.2, -0.15) is 0 Å². The fourth-order valence-electron chi connectivity index (χ4n) is 2.89. The highest BCUT2D eigenvalue weighted by molar-refractivity contribution is 5.96. The number of hydrogen-bond acceptors (Lipinski definition) is 3. The van der Waals surface area contributed by atoms with Gasteiger partial charge in [0, 0.05) is 22.6 Å².